The first kappa shape index (κ1) is 17.8. The lowest BCUT2D eigenvalue weighted by molar-refractivity contribution is -0.139. The molecule has 0 aromatic heterocycles. The minimum absolute atomic E-state index is 0.357. The van der Waals surface area contributed by atoms with Gasteiger partial charge in [-0.2, -0.15) is 5.10 Å². The van der Waals surface area contributed by atoms with Crippen LogP contribution in [0.25, 0.3) is 0 Å². The molecule has 2 aromatic rings. The Bertz CT molecular complexity index is 742. The summed E-state index contributed by atoms with van der Waals surface area (Å²) in [6.45, 7) is 3.60. The van der Waals surface area contributed by atoms with Gasteiger partial charge in [0.2, 0.25) is 0 Å². The predicted octanol–water partition coefficient (Wildman–Crippen LogP) is 4.34. The molecular formula is C18H19ClN2O3. The van der Waals surface area contributed by atoms with E-state index in [9.17, 15) is 4.79 Å². The number of anilines is 1. The molecule has 0 fully saturated rings. The molecule has 0 aliphatic heterocycles. The highest BCUT2D eigenvalue weighted by molar-refractivity contribution is 6.31. The van der Waals surface area contributed by atoms with Gasteiger partial charge in [0, 0.05) is 5.02 Å². The van der Waals surface area contributed by atoms with Gasteiger partial charge in [0.15, 0.2) is 6.61 Å². The van der Waals surface area contributed by atoms with E-state index in [1.54, 1.807) is 12.1 Å². The quantitative estimate of drug-likeness (QED) is 0.578. The highest BCUT2D eigenvalue weighted by atomic mass is 35.5. The van der Waals surface area contributed by atoms with Crippen molar-refractivity contribution in [1.29, 1.82) is 0 Å². The first-order chi connectivity index (χ1) is 11.5. The van der Waals surface area contributed by atoms with Crippen LogP contribution in [0.4, 0.5) is 5.69 Å². The monoisotopic (exact) mass is 346 g/mol. The van der Waals surface area contributed by atoms with Crippen LogP contribution in [0.15, 0.2) is 47.6 Å². The number of aliphatic carboxylic acids is 1. The molecule has 0 saturated carbocycles. The van der Waals surface area contributed by atoms with Crippen molar-refractivity contribution in [3.8, 4) is 5.75 Å². The standard InChI is InChI=1S/C18H19ClN2O3/c1-3-17(21-20-14-7-4-12(2)16(19)10-14)13-5-8-15(9-6-13)24-11-18(22)23/h4-10,20H,3,11H2,1-2H3,(H,22,23)/b21-17-. The molecule has 6 heteroatoms. The number of ether oxygens (including phenoxy) is 1. The summed E-state index contributed by atoms with van der Waals surface area (Å²) in [4.78, 5) is 10.5. The smallest absolute Gasteiger partial charge is 0.341 e. The van der Waals surface area contributed by atoms with Gasteiger partial charge in [0.05, 0.1) is 11.4 Å². The molecule has 2 aromatic carbocycles. The molecule has 0 spiro atoms. The van der Waals surface area contributed by atoms with Crippen molar-refractivity contribution in [3.05, 3.63) is 58.6 Å². The third kappa shape index (κ3) is 4.99. The first-order valence-corrected chi connectivity index (χ1v) is 7.91. The highest BCUT2D eigenvalue weighted by Crippen LogP contribution is 2.20. The number of aryl methyl sites for hydroxylation is 1. The Morgan fingerprint density at radius 2 is 1.96 bits per heavy atom. The number of hydrogen-bond acceptors (Lipinski definition) is 4. The van der Waals surface area contributed by atoms with Gasteiger partial charge in [-0.15, -0.1) is 0 Å². The van der Waals surface area contributed by atoms with Crippen LogP contribution < -0.4 is 10.2 Å². The molecule has 0 aliphatic carbocycles. The summed E-state index contributed by atoms with van der Waals surface area (Å²) in [7, 11) is 0. The number of hydrogen-bond donors (Lipinski definition) is 2. The molecule has 0 bridgehead atoms. The van der Waals surface area contributed by atoms with E-state index in [4.69, 9.17) is 21.4 Å². The fraction of sp³-hybridized carbons (Fsp3) is 0.222. The van der Waals surface area contributed by atoms with Crippen molar-refractivity contribution in [2.45, 2.75) is 20.3 Å². The maximum atomic E-state index is 10.5. The average molecular weight is 347 g/mol. The van der Waals surface area contributed by atoms with Crippen molar-refractivity contribution in [1.82, 2.24) is 0 Å². The van der Waals surface area contributed by atoms with Crippen molar-refractivity contribution < 1.29 is 14.6 Å². The Kier molecular flexibility index (Phi) is 6.21. The molecule has 0 saturated heterocycles. The molecule has 0 atom stereocenters. The summed E-state index contributed by atoms with van der Waals surface area (Å²) in [5.74, 6) is -0.495. The summed E-state index contributed by atoms with van der Waals surface area (Å²) < 4.78 is 5.12. The van der Waals surface area contributed by atoms with E-state index in [0.717, 1.165) is 28.9 Å². The van der Waals surface area contributed by atoms with E-state index in [-0.39, 0.29) is 6.61 Å². The van der Waals surface area contributed by atoms with Gasteiger partial charge in [0.1, 0.15) is 5.75 Å². The van der Waals surface area contributed by atoms with Crippen LogP contribution >= 0.6 is 11.6 Å². The third-order valence-electron chi connectivity index (χ3n) is 3.38. The molecular weight excluding hydrogens is 328 g/mol. The molecule has 5 nitrogen and oxygen atoms in total. The lowest BCUT2D eigenvalue weighted by Gasteiger charge is -2.08. The third-order valence-corrected chi connectivity index (χ3v) is 3.78. The number of benzene rings is 2. The number of nitrogens with zero attached hydrogens (tertiary/aromatic N) is 1. The maximum Gasteiger partial charge on any atom is 0.341 e. The lowest BCUT2D eigenvalue weighted by atomic mass is 10.1. The molecule has 24 heavy (non-hydrogen) atoms. The van der Waals surface area contributed by atoms with Crippen molar-refractivity contribution >= 4 is 29.0 Å². The Morgan fingerprint density at radius 3 is 2.54 bits per heavy atom. The molecule has 0 radical (unpaired) electrons. The van der Waals surface area contributed by atoms with Gasteiger partial charge in [-0.1, -0.05) is 24.6 Å². The summed E-state index contributed by atoms with van der Waals surface area (Å²) >= 11 is 6.11. The Labute approximate surface area is 145 Å². The molecule has 0 unspecified atom stereocenters. The van der Waals surface area contributed by atoms with Gasteiger partial charge in [-0.05, 0) is 60.9 Å². The van der Waals surface area contributed by atoms with Crippen LogP contribution in [0.5, 0.6) is 5.75 Å². The topological polar surface area (TPSA) is 70.9 Å². The Morgan fingerprint density at radius 1 is 1.25 bits per heavy atom. The molecule has 0 amide bonds. The maximum absolute atomic E-state index is 10.5. The van der Waals surface area contributed by atoms with E-state index >= 15 is 0 Å². The van der Waals surface area contributed by atoms with Crippen LogP contribution in [0.1, 0.15) is 24.5 Å². The summed E-state index contributed by atoms with van der Waals surface area (Å²) in [5.41, 5.74) is 6.65. The number of carbonyl (C=O) groups is 1. The van der Waals surface area contributed by atoms with E-state index in [1.165, 1.54) is 0 Å². The summed E-state index contributed by atoms with van der Waals surface area (Å²) in [5, 5.41) is 13.7. The van der Waals surface area contributed by atoms with Crippen molar-refractivity contribution in [3.63, 3.8) is 0 Å². The Balaban J connectivity index is 2.09. The molecule has 0 aliphatic rings. The van der Waals surface area contributed by atoms with Crippen LogP contribution in [-0.4, -0.2) is 23.4 Å². The van der Waals surface area contributed by atoms with Crippen molar-refractivity contribution in [2.24, 2.45) is 5.10 Å². The van der Waals surface area contributed by atoms with Crippen molar-refractivity contribution in [2.75, 3.05) is 12.0 Å². The number of nitrogens with one attached hydrogen (secondary N) is 1. The van der Waals surface area contributed by atoms with Gasteiger partial charge < -0.3 is 9.84 Å². The van der Waals surface area contributed by atoms with E-state index in [2.05, 4.69) is 10.5 Å². The zero-order valence-electron chi connectivity index (χ0n) is 13.5. The van der Waals surface area contributed by atoms with E-state index in [1.807, 2.05) is 44.2 Å². The van der Waals surface area contributed by atoms with Gasteiger partial charge in [-0.25, -0.2) is 4.79 Å². The number of carboxylic acids is 1. The second kappa shape index (κ2) is 8.36. The van der Waals surface area contributed by atoms with E-state index < -0.39 is 5.97 Å². The SMILES string of the molecule is CC/C(=N/Nc1ccc(C)c(Cl)c1)c1ccc(OCC(=O)O)cc1. The summed E-state index contributed by atoms with van der Waals surface area (Å²) in [6.07, 6.45) is 0.738. The van der Waals surface area contributed by atoms with Crippen LogP contribution in [0.3, 0.4) is 0 Å². The van der Waals surface area contributed by atoms with Crippen LogP contribution in [-0.2, 0) is 4.79 Å². The van der Waals surface area contributed by atoms with Gasteiger partial charge >= 0.3 is 5.97 Å². The number of hydrazone groups is 1. The second-order valence-electron chi connectivity index (χ2n) is 5.19. The Hall–Kier alpha value is -2.53. The molecule has 0 heterocycles. The predicted molar refractivity (Wildman–Crippen MR) is 96.2 cm³/mol. The van der Waals surface area contributed by atoms with E-state index in [0.29, 0.717) is 10.8 Å². The molecule has 126 valence electrons. The zero-order chi connectivity index (χ0) is 17.5. The molecule has 2 N–H and O–H groups in total. The first-order valence-electron chi connectivity index (χ1n) is 7.53. The second-order valence-corrected chi connectivity index (χ2v) is 5.60. The highest BCUT2D eigenvalue weighted by Gasteiger charge is 2.04. The lowest BCUT2D eigenvalue weighted by Crippen LogP contribution is -2.09. The van der Waals surface area contributed by atoms with Gasteiger partial charge in [-0.3, -0.25) is 5.43 Å². The number of carboxylic acid groups (broad SMARTS) is 1. The minimum Gasteiger partial charge on any atom is -0.482 e. The number of halogens is 1. The van der Waals surface area contributed by atoms with Crippen LogP contribution in [0.2, 0.25) is 5.02 Å². The minimum atomic E-state index is -1.00. The van der Waals surface area contributed by atoms with Gasteiger partial charge in [0.25, 0.3) is 0 Å². The fourth-order valence-electron chi connectivity index (χ4n) is 2.03. The zero-order valence-corrected chi connectivity index (χ0v) is 14.3. The van der Waals surface area contributed by atoms with Crippen LogP contribution in [0, 0.1) is 6.92 Å². The largest absolute Gasteiger partial charge is 0.482 e. The summed E-state index contributed by atoms with van der Waals surface area (Å²) in [6, 6.07) is 12.8. The average Bonchev–Trinajstić information content (AvgIpc) is 2.57. The fourth-order valence-corrected chi connectivity index (χ4v) is 2.21. The normalized spacial score (nSPS) is 11.2. The number of rotatable bonds is 7. The molecule has 2 rings (SSSR count).